The van der Waals surface area contributed by atoms with E-state index >= 15 is 0 Å². The number of hydrogen-bond donors (Lipinski definition) is 1. The first kappa shape index (κ1) is 19.2. The summed E-state index contributed by atoms with van der Waals surface area (Å²) < 4.78 is 5.18. The molecule has 1 heterocycles. The fourth-order valence-corrected chi connectivity index (χ4v) is 2.70. The van der Waals surface area contributed by atoms with Gasteiger partial charge < -0.3 is 10.1 Å². The lowest BCUT2D eigenvalue weighted by Crippen LogP contribution is -2.37. The van der Waals surface area contributed by atoms with E-state index in [0.29, 0.717) is 15.6 Å². The fraction of sp³-hybridized carbons (Fsp3) is 0.278. The molecule has 1 aromatic carbocycles. The molecule has 2 atom stereocenters. The third-order valence-electron chi connectivity index (χ3n) is 3.59. The highest BCUT2D eigenvalue weighted by molar-refractivity contribution is 6.35. The zero-order chi connectivity index (χ0) is 18.6. The van der Waals surface area contributed by atoms with Crippen LogP contribution in [-0.2, 0) is 9.53 Å². The highest BCUT2D eigenvalue weighted by Gasteiger charge is 2.21. The monoisotopic (exact) mass is 380 g/mol. The first-order chi connectivity index (χ1) is 11.8. The zero-order valence-electron chi connectivity index (χ0n) is 14.0. The van der Waals surface area contributed by atoms with Gasteiger partial charge in [0.2, 0.25) is 0 Å². The summed E-state index contributed by atoms with van der Waals surface area (Å²) in [5, 5.41) is 3.73. The van der Waals surface area contributed by atoms with Crippen LogP contribution in [0.3, 0.4) is 0 Å². The van der Waals surface area contributed by atoms with Crippen LogP contribution in [0.1, 0.15) is 41.5 Å². The van der Waals surface area contributed by atoms with E-state index in [2.05, 4.69) is 10.3 Å². The number of esters is 1. The van der Waals surface area contributed by atoms with Crippen molar-refractivity contribution in [1.82, 2.24) is 10.3 Å². The molecule has 2 unspecified atom stereocenters. The molecule has 25 heavy (non-hydrogen) atoms. The Morgan fingerprint density at radius 2 is 1.88 bits per heavy atom. The number of rotatable bonds is 5. The van der Waals surface area contributed by atoms with E-state index in [-0.39, 0.29) is 6.04 Å². The van der Waals surface area contributed by atoms with E-state index in [1.165, 1.54) is 13.1 Å². The van der Waals surface area contributed by atoms with Crippen molar-refractivity contribution in [3.8, 4) is 0 Å². The lowest BCUT2D eigenvalue weighted by atomic mass is 10.1. The number of pyridine rings is 1. The van der Waals surface area contributed by atoms with Crippen LogP contribution in [-0.4, -0.2) is 23.0 Å². The quantitative estimate of drug-likeness (QED) is 0.792. The molecule has 1 aromatic heterocycles. The Labute approximate surface area is 156 Å². The van der Waals surface area contributed by atoms with Gasteiger partial charge in [-0.2, -0.15) is 0 Å². The summed E-state index contributed by atoms with van der Waals surface area (Å²) in [5.41, 5.74) is 1.80. The molecule has 132 valence electrons. The molecule has 1 amide bonds. The van der Waals surface area contributed by atoms with Crippen LogP contribution in [0, 0.1) is 6.92 Å². The first-order valence-corrected chi connectivity index (χ1v) is 8.42. The predicted molar refractivity (Wildman–Crippen MR) is 96.9 cm³/mol. The van der Waals surface area contributed by atoms with Gasteiger partial charge in [0, 0.05) is 21.9 Å². The first-order valence-electron chi connectivity index (χ1n) is 7.67. The van der Waals surface area contributed by atoms with Crippen LogP contribution in [0.5, 0.6) is 0 Å². The van der Waals surface area contributed by atoms with E-state index < -0.39 is 18.0 Å². The Balaban J connectivity index is 1.97. The van der Waals surface area contributed by atoms with Crippen molar-refractivity contribution in [2.45, 2.75) is 32.9 Å². The molecule has 0 spiro atoms. The van der Waals surface area contributed by atoms with Gasteiger partial charge in [0.15, 0.2) is 6.10 Å². The molecule has 0 aliphatic heterocycles. The summed E-state index contributed by atoms with van der Waals surface area (Å²) >= 11 is 12.0. The van der Waals surface area contributed by atoms with Gasteiger partial charge in [-0.15, -0.1) is 0 Å². The summed E-state index contributed by atoms with van der Waals surface area (Å²) in [6.07, 6.45) is 0.459. The molecule has 0 radical (unpaired) electrons. The number of benzene rings is 1. The number of ether oxygens (including phenoxy) is 1. The number of carbonyl (C=O) groups excluding carboxylic acids is 2. The van der Waals surface area contributed by atoms with Crippen molar-refractivity contribution in [2.24, 2.45) is 0 Å². The number of nitrogens with one attached hydrogen (secondary N) is 1. The summed E-state index contributed by atoms with van der Waals surface area (Å²) in [5.74, 6) is -1.03. The molecule has 0 bridgehead atoms. The number of hydrogen-bond acceptors (Lipinski definition) is 4. The van der Waals surface area contributed by atoms with Crippen LogP contribution in [0.4, 0.5) is 0 Å². The van der Waals surface area contributed by atoms with Crippen molar-refractivity contribution in [2.75, 3.05) is 0 Å². The minimum absolute atomic E-state index is 0.291. The van der Waals surface area contributed by atoms with Crippen LogP contribution in [0.15, 0.2) is 36.5 Å². The summed E-state index contributed by atoms with van der Waals surface area (Å²) in [7, 11) is 0. The third kappa shape index (κ3) is 5.18. The molecule has 0 fully saturated rings. The average Bonchev–Trinajstić information content (AvgIpc) is 2.55. The van der Waals surface area contributed by atoms with Crippen LogP contribution in [0.25, 0.3) is 0 Å². The number of carbonyl (C=O) groups is 2. The Morgan fingerprint density at radius 1 is 1.16 bits per heavy atom. The number of aryl methyl sites for hydroxylation is 1. The Morgan fingerprint density at radius 3 is 2.48 bits per heavy atom. The number of nitrogens with zero attached hydrogens (tertiary/aromatic N) is 1. The van der Waals surface area contributed by atoms with E-state index in [4.69, 9.17) is 27.9 Å². The van der Waals surface area contributed by atoms with Gasteiger partial charge >= 0.3 is 5.97 Å². The van der Waals surface area contributed by atoms with Crippen molar-refractivity contribution in [3.05, 3.63) is 63.4 Å². The second-order valence-electron chi connectivity index (χ2n) is 5.63. The van der Waals surface area contributed by atoms with Gasteiger partial charge in [0.1, 0.15) is 0 Å². The molecule has 2 aromatic rings. The van der Waals surface area contributed by atoms with E-state index in [9.17, 15) is 9.59 Å². The molecule has 7 heteroatoms. The molecule has 5 nitrogen and oxygen atoms in total. The lowest BCUT2D eigenvalue weighted by molar-refractivity contribution is -0.129. The van der Waals surface area contributed by atoms with E-state index in [1.807, 2.05) is 6.92 Å². The lowest BCUT2D eigenvalue weighted by Gasteiger charge is -2.19. The Kier molecular flexibility index (Phi) is 6.39. The van der Waals surface area contributed by atoms with Gasteiger partial charge in [-0.05, 0) is 50.6 Å². The highest BCUT2D eigenvalue weighted by atomic mass is 35.5. The molecule has 0 aliphatic carbocycles. The maximum absolute atomic E-state index is 12.3. The topological polar surface area (TPSA) is 68.3 Å². The smallest absolute Gasteiger partial charge is 0.340 e. The number of aromatic nitrogens is 1. The highest BCUT2D eigenvalue weighted by Crippen LogP contribution is 2.26. The van der Waals surface area contributed by atoms with Gasteiger partial charge in [-0.25, -0.2) is 4.79 Å². The maximum Gasteiger partial charge on any atom is 0.340 e. The van der Waals surface area contributed by atoms with Gasteiger partial charge in [-0.1, -0.05) is 29.3 Å². The van der Waals surface area contributed by atoms with Crippen molar-refractivity contribution < 1.29 is 14.3 Å². The number of halogens is 2. The van der Waals surface area contributed by atoms with Crippen molar-refractivity contribution in [3.63, 3.8) is 0 Å². The Bertz CT molecular complexity index is 778. The third-order valence-corrected chi connectivity index (χ3v) is 4.15. The SMILES string of the molecule is Cc1ccc(C(=O)OC(C)C(=O)NC(C)c2ccc(Cl)cc2Cl)cn1. The Hall–Kier alpha value is -2.11. The molecular weight excluding hydrogens is 363 g/mol. The number of amides is 1. The van der Waals surface area contributed by atoms with Crippen molar-refractivity contribution in [1.29, 1.82) is 0 Å². The molecule has 0 saturated heterocycles. The minimum Gasteiger partial charge on any atom is -0.449 e. The van der Waals surface area contributed by atoms with E-state index in [1.54, 1.807) is 37.3 Å². The molecule has 0 aliphatic rings. The predicted octanol–water partition coefficient (Wildman–Crippen LogP) is 4.12. The van der Waals surface area contributed by atoms with Crippen LogP contribution >= 0.6 is 23.2 Å². The summed E-state index contributed by atoms with van der Waals surface area (Å²) in [4.78, 5) is 28.3. The second-order valence-corrected chi connectivity index (χ2v) is 6.48. The average molecular weight is 381 g/mol. The summed E-state index contributed by atoms with van der Waals surface area (Å²) in [6, 6.07) is 7.98. The largest absolute Gasteiger partial charge is 0.449 e. The summed E-state index contributed by atoms with van der Waals surface area (Å²) in [6.45, 7) is 5.10. The van der Waals surface area contributed by atoms with Crippen LogP contribution < -0.4 is 5.32 Å². The zero-order valence-corrected chi connectivity index (χ0v) is 15.6. The van der Waals surface area contributed by atoms with Gasteiger partial charge in [-0.3, -0.25) is 9.78 Å². The normalized spacial score (nSPS) is 13.0. The van der Waals surface area contributed by atoms with Gasteiger partial charge in [0.25, 0.3) is 5.91 Å². The van der Waals surface area contributed by atoms with Crippen molar-refractivity contribution >= 4 is 35.1 Å². The molecule has 2 rings (SSSR count). The molecular formula is C18H18Cl2N2O3. The fourth-order valence-electron chi connectivity index (χ4n) is 2.13. The van der Waals surface area contributed by atoms with E-state index in [0.717, 1.165) is 11.3 Å². The second kappa shape index (κ2) is 8.32. The minimum atomic E-state index is -0.956. The maximum atomic E-state index is 12.3. The molecule has 1 N–H and O–H groups in total. The van der Waals surface area contributed by atoms with Crippen LogP contribution in [0.2, 0.25) is 10.0 Å². The standard InChI is InChI=1S/C18H18Cl2N2O3/c1-10-4-5-13(9-21-10)18(24)25-12(3)17(23)22-11(2)15-7-6-14(19)8-16(15)20/h4-9,11-12H,1-3H3,(H,22,23). The molecule has 0 saturated carbocycles. The van der Waals surface area contributed by atoms with Gasteiger partial charge in [0.05, 0.1) is 11.6 Å².